The molecule has 0 saturated carbocycles. The molecule has 5 nitrogen and oxygen atoms in total. The van der Waals surface area contributed by atoms with Gasteiger partial charge in [-0.1, -0.05) is 36.0 Å². The molecule has 0 radical (unpaired) electrons. The molecule has 3 aromatic rings. The number of nitrogens with zero attached hydrogens (tertiary/aromatic N) is 2. The minimum atomic E-state index is -0.231. The lowest BCUT2D eigenvalue weighted by molar-refractivity contribution is -0.129. The fourth-order valence-corrected chi connectivity index (χ4v) is 4.78. The molecule has 0 atom stereocenters. The van der Waals surface area contributed by atoms with Crippen LogP contribution in [0.1, 0.15) is 29.8 Å². The van der Waals surface area contributed by atoms with Crippen LogP contribution < -0.4 is 5.32 Å². The summed E-state index contributed by atoms with van der Waals surface area (Å²) in [6, 6.07) is 15.6. The molecule has 0 spiro atoms. The molecule has 0 fully saturated rings. The van der Waals surface area contributed by atoms with Crippen LogP contribution in [0.25, 0.3) is 10.2 Å². The van der Waals surface area contributed by atoms with Crippen molar-refractivity contribution in [3.05, 3.63) is 59.7 Å². The number of nitrogens with one attached hydrogen (secondary N) is 1. The zero-order valence-electron chi connectivity index (χ0n) is 16.0. The molecule has 0 saturated heterocycles. The van der Waals surface area contributed by atoms with E-state index in [1.807, 2.05) is 44.2 Å². The van der Waals surface area contributed by atoms with Gasteiger partial charge in [-0.2, -0.15) is 0 Å². The number of carbonyl (C=O) groups is 2. The summed E-state index contributed by atoms with van der Waals surface area (Å²) in [7, 11) is 0. The van der Waals surface area contributed by atoms with Crippen LogP contribution in [0, 0.1) is 0 Å². The number of carbonyl (C=O) groups excluding carboxylic acids is 2. The maximum atomic E-state index is 12.2. The van der Waals surface area contributed by atoms with Crippen molar-refractivity contribution in [2.24, 2.45) is 0 Å². The van der Waals surface area contributed by atoms with E-state index in [4.69, 9.17) is 0 Å². The Kier molecular flexibility index (Phi) is 7.06. The molecule has 0 unspecified atom stereocenters. The molecule has 3 rings (SSSR count). The lowest BCUT2D eigenvalue weighted by Gasteiger charge is -2.18. The molecular weight excluding hydrogens is 390 g/mol. The van der Waals surface area contributed by atoms with Crippen LogP contribution in [0.5, 0.6) is 0 Å². The van der Waals surface area contributed by atoms with E-state index in [1.54, 1.807) is 40.1 Å². The van der Waals surface area contributed by atoms with Gasteiger partial charge in [0.25, 0.3) is 5.91 Å². The third-order valence-corrected chi connectivity index (χ3v) is 6.62. The van der Waals surface area contributed by atoms with Gasteiger partial charge in [0.2, 0.25) is 5.91 Å². The second kappa shape index (κ2) is 9.71. The maximum Gasteiger partial charge on any atom is 0.251 e. The lowest BCUT2D eigenvalue weighted by atomic mass is 10.1. The Morgan fingerprint density at radius 2 is 1.79 bits per heavy atom. The van der Waals surface area contributed by atoms with Gasteiger partial charge in [-0.3, -0.25) is 9.59 Å². The van der Waals surface area contributed by atoms with E-state index < -0.39 is 0 Å². The van der Waals surface area contributed by atoms with Crippen LogP contribution in [0.4, 0.5) is 0 Å². The van der Waals surface area contributed by atoms with Crippen molar-refractivity contribution in [3.8, 4) is 0 Å². The van der Waals surface area contributed by atoms with E-state index in [2.05, 4.69) is 16.4 Å². The Labute approximate surface area is 173 Å². The van der Waals surface area contributed by atoms with E-state index in [-0.39, 0.29) is 18.4 Å². The highest BCUT2D eigenvalue weighted by Crippen LogP contribution is 2.31. The van der Waals surface area contributed by atoms with Crippen LogP contribution in [0.3, 0.4) is 0 Å². The van der Waals surface area contributed by atoms with Gasteiger partial charge in [-0.05, 0) is 43.7 Å². The van der Waals surface area contributed by atoms with Gasteiger partial charge in [0, 0.05) is 24.4 Å². The highest BCUT2D eigenvalue weighted by Gasteiger charge is 2.12. The minimum Gasteiger partial charge on any atom is -0.343 e. The average Bonchev–Trinajstić information content (AvgIpc) is 3.15. The fourth-order valence-electron chi connectivity index (χ4n) is 2.76. The molecule has 0 aliphatic carbocycles. The second-order valence-electron chi connectivity index (χ2n) is 6.18. The molecular formula is C21H23N3O2S2. The summed E-state index contributed by atoms with van der Waals surface area (Å²) >= 11 is 3.38. The first-order valence-corrected chi connectivity index (χ1v) is 11.0. The van der Waals surface area contributed by atoms with Gasteiger partial charge in [-0.25, -0.2) is 4.98 Å². The third-order valence-electron chi connectivity index (χ3n) is 4.37. The number of fused-ring (bicyclic) bond motifs is 1. The van der Waals surface area contributed by atoms with Crippen molar-refractivity contribution < 1.29 is 9.59 Å². The van der Waals surface area contributed by atoms with Crippen LogP contribution in [0.2, 0.25) is 0 Å². The zero-order valence-corrected chi connectivity index (χ0v) is 17.6. The van der Waals surface area contributed by atoms with Gasteiger partial charge >= 0.3 is 0 Å². The van der Waals surface area contributed by atoms with E-state index in [0.29, 0.717) is 18.7 Å². The summed E-state index contributed by atoms with van der Waals surface area (Å²) in [6.07, 6.45) is 0. The second-order valence-corrected chi connectivity index (χ2v) is 8.43. The van der Waals surface area contributed by atoms with Gasteiger partial charge in [-0.15, -0.1) is 11.3 Å². The van der Waals surface area contributed by atoms with Crippen LogP contribution >= 0.6 is 23.1 Å². The average molecular weight is 414 g/mol. The summed E-state index contributed by atoms with van der Waals surface area (Å²) in [5, 5.41) is 2.70. The topological polar surface area (TPSA) is 62.3 Å². The van der Waals surface area contributed by atoms with E-state index in [0.717, 1.165) is 21.2 Å². The number of benzene rings is 2. The number of para-hydroxylation sites is 1. The van der Waals surface area contributed by atoms with E-state index >= 15 is 0 Å². The molecule has 1 aromatic heterocycles. The Morgan fingerprint density at radius 1 is 1.07 bits per heavy atom. The number of thiazole rings is 1. The fraction of sp³-hybridized carbons (Fsp3) is 0.286. The van der Waals surface area contributed by atoms with Crippen molar-refractivity contribution in [1.29, 1.82) is 0 Å². The van der Waals surface area contributed by atoms with Crippen LogP contribution in [0.15, 0.2) is 52.9 Å². The SMILES string of the molecule is CCN(CC)C(=O)CNC(=O)c1ccc(CSc2nc3ccccc3s2)cc1. The molecule has 1 heterocycles. The Balaban J connectivity index is 1.52. The standard InChI is InChI=1S/C21H23N3O2S2/c1-3-24(4-2)19(25)13-22-20(26)16-11-9-15(10-12-16)14-27-21-23-17-7-5-6-8-18(17)28-21/h5-12H,3-4,13-14H2,1-2H3,(H,22,26). The number of rotatable bonds is 8. The smallest absolute Gasteiger partial charge is 0.251 e. The van der Waals surface area contributed by atoms with Crippen molar-refractivity contribution in [3.63, 3.8) is 0 Å². The largest absolute Gasteiger partial charge is 0.343 e. The molecule has 7 heteroatoms. The van der Waals surface area contributed by atoms with Crippen molar-refractivity contribution in [1.82, 2.24) is 15.2 Å². The zero-order chi connectivity index (χ0) is 19.9. The molecule has 28 heavy (non-hydrogen) atoms. The molecule has 1 N–H and O–H groups in total. The van der Waals surface area contributed by atoms with E-state index in [1.165, 1.54) is 4.70 Å². The number of hydrogen-bond donors (Lipinski definition) is 1. The quantitative estimate of drug-likeness (QED) is 0.563. The molecule has 0 bridgehead atoms. The summed E-state index contributed by atoms with van der Waals surface area (Å²) in [5.74, 6) is 0.496. The Bertz CT molecular complexity index is 917. The monoisotopic (exact) mass is 413 g/mol. The van der Waals surface area contributed by atoms with Crippen LogP contribution in [-0.2, 0) is 10.5 Å². The van der Waals surface area contributed by atoms with Gasteiger partial charge in [0.05, 0.1) is 16.8 Å². The van der Waals surface area contributed by atoms with Gasteiger partial charge < -0.3 is 10.2 Å². The third kappa shape index (κ3) is 5.11. The van der Waals surface area contributed by atoms with Gasteiger partial charge in [0.15, 0.2) is 4.34 Å². The molecule has 2 amide bonds. The summed E-state index contributed by atoms with van der Waals surface area (Å²) in [6.45, 7) is 5.16. The normalized spacial score (nSPS) is 10.8. The predicted octanol–water partition coefficient (Wildman–Crippen LogP) is 4.19. The maximum absolute atomic E-state index is 12.2. The highest BCUT2D eigenvalue weighted by atomic mass is 32.2. The number of likely N-dealkylation sites (N-methyl/N-ethyl adjacent to an activating group) is 1. The summed E-state index contributed by atoms with van der Waals surface area (Å²) in [5.41, 5.74) is 2.71. The minimum absolute atomic E-state index is 0.0235. The number of thioether (sulfide) groups is 1. The molecule has 0 aliphatic rings. The summed E-state index contributed by atoms with van der Waals surface area (Å²) < 4.78 is 2.23. The van der Waals surface area contributed by atoms with Crippen molar-refractivity contribution in [2.75, 3.05) is 19.6 Å². The molecule has 0 aliphatic heterocycles. The van der Waals surface area contributed by atoms with E-state index in [9.17, 15) is 9.59 Å². The predicted molar refractivity (Wildman–Crippen MR) is 116 cm³/mol. The Morgan fingerprint density at radius 3 is 2.46 bits per heavy atom. The van der Waals surface area contributed by atoms with Crippen molar-refractivity contribution >= 4 is 45.1 Å². The molecule has 2 aromatic carbocycles. The first kappa shape index (κ1) is 20.4. The summed E-state index contributed by atoms with van der Waals surface area (Å²) in [4.78, 5) is 30.5. The van der Waals surface area contributed by atoms with Crippen molar-refractivity contribution in [2.45, 2.75) is 23.9 Å². The lowest BCUT2D eigenvalue weighted by Crippen LogP contribution is -2.39. The van der Waals surface area contributed by atoms with Crippen LogP contribution in [-0.4, -0.2) is 41.3 Å². The number of aromatic nitrogens is 1. The first-order valence-electron chi connectivity index (χ1n) is 9.24. The number of hydrogen-bond acceptors (Lipinski definition) is 5. The highest BCUT2D eigenvalue weighted by molar-refractivity contribution is 8.00. The Hall–Kier alpha value is -2.38. The molecule has 146 valence electrons. The number of amides is 2. The van der Waals surface area contributed by atoms with Gasteiger partial charge in [0.1, 0.15) is 0 Å². The first-order chi connectivity index (χ1) is 13.6.